The van der Waals surface area contributed by atoms with Gasteiger partial charge in [0.15, 0.2) is 11.6 Å². The van der Waals surface area contributed by atoms with Crippen molar-refractivity contribution in [2.75, 3.05) is 13.2 Å². The zero-order valence-electron chi connectivity index (χ0n) is 35.5. The number of hydrogen-bond donors (Lipinski definition) is 0. The molecule has 5 aromatic carbocycles. The van der Waals surface area contributed by atoms with Gasteiger partial charge in [-0.3, -0.25) is 9.98 Å². The lowest BCUT2D eigenvalue weighted by Gasteiger charge is -2.12. The number of ether oxygens (including phenoxy) is 4. The normalized spacial score (nSPS) is 11.3. The predicted molar refractivity (Wildman–Crippen MR) is 239 cm³/mol. The number of rotatable bonds is 24. The van der Waals surface area contributed by atoms with Gasteiger partial charge in [-0.2, -0.15) is 0 Å². The SMILES string of the molecule is CCCCCCCCOc1ccc(N=Cc2ccc(C(=O)Oc3cccc(OC(=O)c4ccc(C=Nc5ccc(OCCCCCCCC)cc5F)cc4)c3C)cc2)c(F)c1. The van der Waals surface area contributed by atoms with E-state index in [0.717, 1.165) is 25.7 Å². The fourth-order valence-electron chi connectivity index (χ4n) is 6.34. The first-order valence-corrected chi connectivity index (χ1v) is 21.4. The average Bonchev–Trinajstić information content (AvgIpc) is 3.27. The summed E-state index contributed by atoms with van der Waals surface area (Å²) >= 11 is 0. The van der Waals surface area contributed by atoms with Crippen molar-refractivity contribution < 1.29 is 37.3 Å². The third kappa shape index (κ3) is 15.1. The van der Waals surface area contributed by atoms with Crippen LogP contribution in [0.2, 0.25) is 0 Å². The molecule has 5 rings (SSSR count). The Hall–Kier alpha value is -6.16. The maximum atomic E-state index is 14.7. The molecule has 0 unspecified atom stereocenters. The van der Waals surface area contributed by atoms with Crippen molar-refractivity contribution in [2.45, 2.75) is 97.8 Å². The molecule has 5 aromatic rings. The Kier molecular flexibility index (Phi) is 18.7. The minimum atomic E-state index is -0.609. The highest BCUT2D eigenvalue weighted by Gasteiger charge is 2.16. The number of aliphatic imine (C=N–C) groups is 2. The molecule has 0 spiro atoms. The first kappa shape index (κ1) is 45.9. The maximum absolute atomic E-state index is 14.7. The van der Waals surface area contributed by atoms with Crippen LogP contribution in [0.3, 0.4) is 0 Å². The van der Waals surface area contributed by atoms with Gasteiger partial charge in [-0.15, -0.1) is 0 Å². The molecule has 0 aliphatic heterocycles. The van der Waals surface area contributed by atoms with Crippen molar-refractivity contribution in [1.29, 1.82) is 0 Å². The molecule has 0 saturated carbocycles. The second-order valence-corrected chi connectivity index (χ2v) is 14.9. The zero-order valence-corrected chi connectivity index (χ0v) is 35.5. The van der Waals surface area contributed by atoms with Crippen molar-refractivity contribution in [2.24, 2.45) is 9.98 Å². The number of carbonyl (C=O) groups is 2. The molecule has 0 aliphatic carbocycles. The summed E-state index contributed by atoms with van der Waals surface area (Å²) in [6, 6.07) is 27.2. The molecule has 0 heterocycles. The van der Waals surface area contributed by atoms with E-state index in [1.165, 1.54) is 75.9 Å². The van der Waals surface area contributed by atoms with Crippen molar-refractivity contribution in [1.82, 2.24) is 0 Å². The van der Waals surface area contributed by atoms with Gasteiger partial charge in [-0.05, 0) is 91.6 Å². The topological polar surface area (TPSA) is 95.8 Å². The second kappa shape index (κ2) is 24.8. The van der Waals surface area contributed by atoms with Gasteiger partial charge in [-0.25, -0.2) is 18.4 Å². The lowest BCUT2D eigenvalue weighted by Crippen LogP contribution is -2.12. The summed E-state index contributed by atoms with van der Waals surface area (Å²) in [5, 5.41) is 0. The number of nitrogens with zero attached hydrogens (tertiary/aromatic N) is 2. The Balaban J connectivity index is 1.08. The van der Waals surface area contributed by atoms with Crippen molar-refractivity contribution in [3.63, 3.8) is 0 Å². The van der Waals surface area contributed by atoms with Gasteiger partial charge in [0.05, 0.1) is 35.7 Å². The van der Waals surface area contributed by atoms with Crippen LogP contribution in [0.5, 0.6) is 23.0 Å². The van der Waals surface area contributed by atoms with Crippen molar-refractivity contribution in [3.8, 4) is 23.0 Å². The second-order valence-electron chi connectivity index (χ2n) is 14.9. The average molecular weight is 831 g/mol. The number of benzene rings is 5. The standard InChI is InChI=1S/C51H56F2N2O6/c1-4-6-8-10-12-14-31-58-42-27-29-46(44(52)33-42)54-35-38-19-23-40(24-20-38)50(56)60-48-17-16-18-49(37(48)3)61-51(57)41-25-21-39(22-26-41)36-55-47-30-28-43(34-45(47)53)59-32-15-13-11-9-7-5-2/h16-30,33-36H,4-15,31-32H2,1-3H3. The molecule has 0 atom stereocenters. The molecular formula is C51H56F2N2O6. The molecule has 10 heteroatoms. The van der Waals surface area contributed by atoms with Crippen LogP contribution in [-0.4, -0.2) is 37.6 Å². The summed E-state index contributed by atoms with van der Waals surface area (Å²) in [7, 11) is 0. The molecular weight excluding hydrogens is 775 g/mol. The van der Waals surface area contributed by atoms with Crippen LogP contribution in [0.25, 0.3) is 0 Å². The molecule has 61 heavy (non-hydrogen) atoms. The van der Waals surface area contributed by atoms with E-state index in [1.54, 1.807) is 97.9 Å². The minimum absolute atomic E-state index is 0.174. The summed E-state index contributed by atoms with van der Waals surface area (Å²) in [4.78, 5) is 34.7. The van der Waals surface area contributed by atoms with Gasteiger partial charge >= 0.3 is 11.9 Å². The van der Waals surface area contributed by atoms with Gasteiger partial charge < -0.3 is 18.9 Å². The van der Waals surface area contributed by atoms with Crippen molar-refractivity contribution in [3.05, 3.63) is 143 Å². The third-order valence-electron chi connectivity index (χ3n) is 10.0. The van der Waals surface area contributed by atoms with Crippen LogP contribution in [0.15, 0.2) is 113 Å². The molecule has 320 valence electrons. The first-order chi connectivity index (χ1) is 29.7. The Morgan fingerprint density at radius 3 is 1.31 bits per heavy atom. The highest BCUT2D eigenvalue weighted by atomic mass is 19.1. The van der Waals surface area contributed by atoms with Crippen LogP contribution in [0, 0.1) is 18.6 Å². The quantitative estimate of drug-likeness (QED) is 0.0266. The van der Waals surface area contributed by atoms with Crippen LogP contribution in [-0.2, 0) is 0 Å². The fraction of sp³-hybridized carbons (Fsp3) is 0.333. The van der Waals surface area contributed by atoms with Gasteiger partial charge in [0, 0.05) is 30.1 Å². The maximum Gasteiger partial charge on any atom is 0.343 e. The van der Waals surface area contributed by atoms with Crippen LogP contribution >= 0.6 is 0 Å². The molecule has 0 radical (unpaired) electrons. The number of unbranched alkanes of at least 4 members (excludes halogenated alkanes) is 10. The van der Waals surface area contributed by atoms with E-state index in [0.29, 0.717) is 41.4 Å². The third-order valence-corrected chi connectivity index (χ3v) is 10.0. The minimum Gasteiger partial charge on any atom is -0.493 e. The molecule has 0 aromatic heterocycles. The van der Waals surface area contributed by atoms with Crippen LogP contribution < -0.4 is 18.9 Å². The van der Waals surface area contributed by atoms with E-state index in [9.17, 15) is 18.4 Å². The van der Waals surface area contributed by atoms with Crippen LogP contribution in [0.1, 0.15) is 128 Å². The van der Waals surface area contributed by atoms with Crippen LogP contribution in [0.4, 0.5) is 20.2 Å². The van der Waals surface area contributed by atoms with E-state index >= 15 is 0 Å². The number of hydrogen-bond acceptors (Lipinski definition) is 8. The Morgan fingerprint density at radius 2 is 0.918 bits per heavy atom. The van der Waals surface area contributed by atoms with E-state index in [2.05, 4.69) is 23.8 Å². The number of carbonyl (C=O) groups excluding carboxylic acids is 2. The van der Waals surface area contributed by atoms with Crippen molar-refractivity contribution >= 4 is 35.7 Å². The summed E-state index contributed by atoms with van der Waals surface area (Å²) in [5.74, 6) is -0.784. The van der Waals surface area contributed by atoms with E-state index < -0.39 is 23.6 Å². The summed E-state index contributed by atoms with van der Waals surface area (Å²) in [5.41, 5.74) is 2.70. The summed E-state index contributed by atoms with van der Waals surface area (Å²) < 4.78 is 52.2. The number of halogens is 2. The fourth-order valence-corrected chi connectivity index (χ4v) is 6.34. The predicted octanol–water partition coefficient (Wildman–Crippen LogP) is 13.7. The smallest absolute Gasteiger partial charge is 0.343 e. The molecule has 0 amide bonds. The molecule has 0 bridgehead atoms. The van der Waals surface area contributed by atoms with Gasteiger partial charge in [0.1, 0.15) is 23.0 Å². The molecule has 0 saturated heterocycles. The largest absolute Gasteiger partial charge is 0.493 e. The lowest BCUT2D eigenvalue weighted by atomic mass is 10.1. The number of esters is 2. The Labute approximate surface area is 358 Å². The lowest BCUT2D eigenvalue weighted by molar-refractivity contribution is 0.0730. The Bertz CT molecular complexity index is 2070. The molecule has 0 fully saturated rings. The van der Waals surface area contributed by atoms with E-state index in [-0.39, 0.29) is 34.0 Å². The monoisotopic (exact) mass is 830 g/mol. The molecule has 0 aliphatic rings. The first-order valence-electron chi connectivity index (χ1n) is 21.4. The summed E-state index contributed by atoms with van der Waals surface area (Å²) in [6.07, 6.45) is 16.8. The summed E-state index contributed by atoms with van der Waals surface area (Å²) in [6.45, 7) is 7.16. The zero-order chi connectivity index (χ0) is 43.2. The van der Waals surface area contributed by atoms with Gasteiger partial charge in [0.2, 0.25) is 0 Å². The Morgan fingerprint density at radius 1 is 0.525 bits per heavy atom. The highest BCUT2D eigenvalue weighted by molar-refractivity contribution is 5.94. The van der Waals surface area contributed by atoms with E-state index in [1.807, 2.05) is 0 Å². The van der Waals surface area contributed by atoms with Gasteiger partial charge in [0.25, 0.3) is 0 Å². The highest BCUT2D eigenvalue weighted by Crippen LogP contribution is 2.30. The molecule has 0 N–H and O–H groups in total. The molecule has 8 nitrogen and oxygen atoms in total. The van der Waals surface area contributed by atoms with E-state index in [4.69, 9.17) is 18.9 Å². The van der Waals surface area contributed by atoms with Gasteiger partial charge in [-0.1, -0.05) is 108 Å².